The van der Waals surface area contributed by atoms with Crippen molar-refractivity contribution >= 4 is 23.0 Å². The molecule has 0 unspecified atom stereocenters. The van der Waals surface area contributed by atoms with Gasteiger partial charge in [0.15, 0.2) is 0 Å². The predicted molar refractivity (Wildman–Crippen MR) is 113 cm³/mol. The van der Waals surface area contributed by atoms with Gasteiger partial charge in [0.2, 0.25) is 5.95 Å². The summed E-state index contributed by atoms with van der Waals surface area (Å²) >= 11 is 0. The lowest BCUT2D eigenvalue weighted by Crippen LogP contribution is -2.44. The first-order chi connectivity index (χ1) is 14.0. The van der Waals surface area contributed by atoms with Crippen molar-refractivity contribution < 1.29 is 4.79 Å². The number of piperidine rings is 1. The zero-order valence-electron chi connectivity index (χ0n) is 17.1. The Morgan fingerprint density at radius 3 is 2.69 bits per heavy atom. The Balaban J connectivity index is 1.32. The third-order valence-electron chi connectivity index (χ3n) is 5.29. The van der Waals surface area contributed by atoms with Crippen molar-refractivity contribution in [1.82, 2.24) is 30.2 Å². The number of hydrogen-bond donors (Lipinski definition) is 2. The Morgan fingerprint density at radius 2 is 1.97 bits per heavy atom. The molecule has 2 amide bonds. The van der Waals surface area contributed by atoms with E-state index >= 15 is 0 Å². The molecule has 8 nitrogen and oxygen atoms in total. The number of para-hydroxylation sites is 2. The van der Waals surface area contributed by atoms with Crippen molar-refractivity contribution in [2.24, 2.45) is 0 Å². The number of nitrogens with zero attached hydrogens (tertiary/aromatic N) is 5. The number of aromatic amines is 1. The molecule has 0 bridgehead atoms. The van der Waals surface area contributed by atoms with Crippen LogP contribution in [0, 0.1) is 6.92 Å². The van der Waals surface area contributed by atoms with E-state index < -0.39 is 0 Å². The minimum atomic E-state index is -0.0456. The average Bonchev–Trinajstić information content (AvgIpc) is 3.16. The van der Waals surface area contributed by atoms with Crippen molar-refractivity contribution in [3.05, 3.63) is 47.5 Å². The van der Waals surface area contributed by atoms with E-state index in [1.165, 1.54) is 0 Å². The maximum Gasteiger partial charge on any atom is 0.317 e. The summed E-state index contributed by atoms with van der Waals surface area (Å²) in [5.74, 6) is 2.04. The molecule has 0 spiro atoms. The number of nitrogens with one attached hydrogen (secondary N) is 2. The van der Waals surface area contributed by atoms with E-state index in [9.17, 15) is 4.79 Å². The fraction of sp³-hybridized carbons (Fsp3) is 0.429. The Morgan fingerprint density at radius 1 is 1.21 bits per heavy atom. The number of urea groups is 1. The van der Waals surface area contributed by atoms with Gasteiger partial charge in [-0.15, -0.1) is 0 Å². The molecule has 1 aromatic carbocycles. The van der Waals surface area contributed by atoms with E-state index in [1.54, 1.807) is 0 Å². The van der Waals surface area contributed by atoms with Crippen molar-refractivity contribution in [2.75, 3.05) is 32.1 Å². The summed E-state index contributed by atoms with van der Waals surface area (Å²) in [6.07, 6.45) is 1.81. The molecule has 0 saturated carbocycles. The van der Waals surface area contributed by atoms with E-state index in [0.717, 1.165) is 54.2 Å². The van der Waals surface area contributed by atoms with Crippen LogP contribution in [0.4, 0.5) is 10.7 Å². The highest BCUT2D eigenvalue weighted by Gasteiger charge is 2.25. The first-order valence-electron chi connectivity index (χ1n) is 9.99. The van der Waals surface area contributed by atoms with Crippen LogP contribution in [0.5, 0.6) is 0 Å². The monoisotopic (exact) mass is 393 g/mol. The Bertz CT molecular complexity index is 972. The number of rotatable bonds is 4. The number of aromatic nitrogens is 4. The summed E-state index contributed by atoms with van der Waals surface area (Å²) in [6, 6.07) is 9.94. The molecule has 2 N–H and O–H groups in total. The second-order valence-electron chi connectivity index (χ2n) is 7.75. The molecular weight excluding hydrogens is 366 g/mol. The minimum absolute atomic E-state index is 0.0456. The Labute approximate surface area is 170 Å². The van der Waals surface area contributed by atoms with Gasteiger partial charge in [0.25, 0.3) is 0 Å². The molecule has 29 heavy (non-hydrogen) atoms. The number of fused-ring (bicyclic) bond motifs is 1. The first-order valence-corrected chi connectivity index (χ1v) is 9.99. The molecule has 4 rings (SSSR count). The van der Waals surface area contributed by atoms with Crippen molar-refractivity contribution in [3.63, 3.8) is 0 Å². The Kier molecular flexibility index (Phi) is 5.33. The molecular formula is C21H27N7O. The second-order valence-corrected chi connectivity index (χ2v) is 7.75. The molecule has 0 aliphatic carbocycles. The van der Waals surface area contributed by atoms with Crippen LogP contribution < -0.4 is 10.2 Å². The number of anilines is 1. The van der Waals surface area contributed by atoms with Crippen LogP contribution >= 0.6 is 0 Å². The van der Waals surface area contributed by atoms with Crippen LogP contribution in [0.15, 0.2) is 30.3 Å². The number of imidazole rings is 1. The van der Waals surface area contributed by atoms with Crippen LogP contribution in [0.1, 0.15) is 36.0 Å². The van der Waals surface area contributed by atoms with Crippen LogP contribution in [0.3, 0.4) is 0 Å². The van der Waals surface area contributed by atoms with Gasteiger partial charge in [0.1, 0.15) is 5.82 Å². The first kappa shape index (κ1) is 19.2. The van der Waals surface area contributed by atoms with Gasteiger partial charge in [0, 0.05) is 38.8 Å². The fourth-order valence-corrected chi connectivity index (χ4v) is 3.71. The summed E-state index contributed by atoms with van der Waals surface area (Å²) in [5.41, 5.74) is 3.77. The summed E-state index contributed by atoms with van der Waals surface area (Å²) < 4.78 is 0. The number of H-pyrrole nitrogens is 1. The van der Waals surface area contributed by atoms with Gasteiger partial charge in [-0.1, -0.05) is 12.1 Å². The van der Waals surface area contributed by atoms with Gasteiger partial charge < -0.3 is 20.1 Å². The van der Waals surface area contributed by atoms with Gasteiger partial charge in [0.05, 0.1) is 23.3 Å². The zero-order valence-corrected chi connectivity index (χ0v) is 17.1. The molecule has 3 heterocycles. The average molecular weight is 393 g/mol. The van der Waals surface area contributed by atoms with Gasteiger partial charge in [-0.2, -0.15) is 0 Å². The number of hydrogen-bond acceptors (Lipinski definition) is 5. The van der Waals surface area contributed by atoms with E-state index in [4.69, 9.17) is 4.98 Å². The molecule has 3 aromatic rings. The van der Waals surface area contributed by atoms with Gasteiger partial charge in [-0.05, 0) is 38.0 Å². The van der Waals surface area contributed by atoms with E-state index in [0.29, 0.717) is 18.4 Å². The Hall–Kier alpha value is -3.16. The third-order valence-corrected chi connectivity index (χ3v) is 5.29. The molecule has 1 aliphatic rings. The molecule has 152 valence electrons. The SMILES string of the molecule is Cc1cc(CNC(=O)N2CCC(c3nc4ccccc4[nH]3)CC2)nc(N(C)C)n1. The lowest BCUT2D eigenvalue weighted by Gasteiger charge is -2.31. The smallest absolute Gasteiger partial charge is 0.317 e. The molecule has 8 heteroatoms. The number of likely N-dealkylation sites (tertiary alicyclic amines) is 1. The molecule has 1 saturated heterocycles. The maximum absolute atomic E-state index is 12.6. The number of amides is 2. The highest BCUT2D eigenvalue weighted by molar-refractivity contribution is 5.75. The zero-order chi connectivity index (χ0) is 20.4. The highest BCUT2D eigenvalue weighted by atomic mass is 16.2. The number of benzene rings is 1. The van der Waals surface area contributed by atoms with Crippen molar-refractivity contribution in [1.29, 1.82) is 0 Å². The van der Waals surface area contributed by atoms with Crippen LogP contribution in [0.25, 0.3) is 11.0 Å². The van der Waals surface area contributed by atoms with Crippen LogP contribution in [-0.4, -0.2) is 58.1 Å². The van der Waals surface area contributed by atoms with Gasteiger partial charge >= 0.3 is 6.03 Å². The minimum Gasteiger partial charge on any atom is -0.347 e. The highest BCUT2D eigenvalue weighted by Crippen LogP contribution is 2.27. The van der Waals surface area contributed by atoms with E-state index in [-0.39, 0.29) is 6.03 Å². The van der Waals surface area contributed by atoms with E-state index in [2.05, 4.69) is 20.3 Å². The molecule has 1 fully saturated rings. The number of aryl methyl sites for hydroxylation is 1. The van der Waals surface area contributed by atoms with Gasteiger partial charge in [-0.25, -0.2) is 19.7 Å². The molecule has 0 atom stereocenters. The van der Waals surface area contributed by atoms with Crippen LogP contribution in [0.2, 0.25) is 0 Å². The topological polar surface area (TPSA) is 90.0 Å². The second kappa shape index (κ2) is 8.06. The molecule has 1 aliphatic heterocycles. The van der Waals surface area contributed by atoms with Crippen molar-refractivity contribution in [2.45, 2.75) is 32.2 Å². The lowest BCUT2D eigenvalue weighted by molar-refractivity contribution is 0.180. The summed E-state index contributed by atoms with van der Waals surface area (Å²) in [7, 11) is 3.81. The molecule has 0 radical (unpaired) electrons. The van der Waals surface area contributed by atoms with Crippen molar-refractivity contribution in [3.8, 4) is 0 Å². The maximum atomic E-state index is 12.6. The quantitative estimate of drug-likeness (QED) is 0.711. The summed E-state index contributed by atoms with van der Waals surface area (Å²) in [4.78, 5) is 33.4. The third kappa shape index (κ3) is 4.31. The standard InChI is InChI=1S/C21H27N7O/c1-14-12-16(24-20(23-14)27(2)3)13-22-21(29)28-10-8-15(9-11-28)19-25-17-6-4-5-7-18(17)26-19/h4-7,12,15H,8-11,13H2,1-3H3,(H,22,29)(H,25,26). The van der Waals surface area contributed by atoms with Crippen LogP contribution in [-0.2, 0) is 6.54 Å². The summed E-state index contributed by atoms with van der Waals surface area (Å²) in [6.45, 7) is 3.77. The lowest BCUT2D eigenvalue weighted by atomic mass is 9.96. The predicted octanol–water partition coefficient (Wildman–Crippen LogP) is 2.82. The molecule has 2 aromatic heterocycles. The fourth-order valence-electron chi connectivity index (χ4n) is 3.71. The number of carbonyl (C=O) groups excluding carboxylic acids is 1. The van der Waals surface area contributed by atoms with Gasteiger partial charge in [-0.3, -0.25) is 0 Å². The van der Waals surface area contributed by atoms with E-state index in [1.807, 2.05) is 61.2 Å². The summed E-state index contributed by atoms with van der Waals surface area (Å²) in [5, 5.41) is 2.99. The normalized spacial score (nSPS) is 14.9. The number of carbonyl (C=O) groups is 1. The largest absolute Gasteiger partial charge is 0.347 e.